The number of carbonyl (C=O) groups is 1. The van der Waals surface area contributed by atoms with E-state index >= 15 is 0 Å². The van der Waals surface area contributed by atoms with Crippen molar-refractivity contribution < 1.29 is 9.53 Å². The number of amides is 1. The third-order valence-corrected chi connectivity index (χ3v) is 2.58. The van der Waals surface area contributed by atoms with Gasteiger partial charge in [-0.25, -0.2) is 0 Å². The molecule has 0 aliphatic carbocycles. The molecule has 0 heterocycles. The van der Waals surface area contributed by atoms with Crippen LogP contribution in [0.15, 0.2) is 0 Å². The van der Waals surface area contributed by atoms with Gasteiger partial charge in [0.2, 0.25) is 5.91 Å². The van der Waals surface area contributed by atoms with Gasteiger partial charge in [-0.2, -0.15) is 0 Å². The van der Waals surface area contributed by atoms with Crippen LogP contribution in [-0.4, -0.2) is 30.7 Å². The zero-order valence-corrected chi connectivity index (χ0v) is 11.2. The lowest BCUT2D eigenvalue weighted by atomic mass is 9.99. The van der Waals surface area contributed by atoms with Gasteiger partial charge in [0.15, 0.2) is 0 Å². The maximum absolute atomic E-state index is 11.5. The molecule has 16 heavy (non-hydrogen) atoms. The normalized spacial score (nSPS) is 15.6. The number of rotatable bonds is 7. The average molecular weight is 230 g/mol. The lowest BCUT2D eigenvalue weighted by Crippen LogP contribution is -2.39. The lowest BCUT2D eigenvalue weighted by Gasteiger charge is -2.27. The minimum Gasteiger partial charge on any atom is -0.379 e. The van der Waals surface area contributed by atoms with Gasteiger partial charge in [0.05, 0.1) is 5.60 Å². The van der Waals surface area contributed by atoms with E-state index in [2.05, 4.69) is 5.32 Å². The van der Waals surface area contributed by atoms with Crippen LogP contribution >= 0.6 is 0 Å². The monoisotopic (exact) mass is 230 g/mol. The van der Waals surface area contributed by atoms with Crippen LogP contribution in [0, 0.1) is 0 Å². The van der Waals surface area contributed by atoms with Gasteiger partial charge < -0.3 is 15.8 Å². The predicted molar refractivity (Wildman–Crippen MR) is 66.2 cm³/mol. The molecule has 0 radical (unpaired) electrons. The largest absolute Gasteiger partial charge is 0.379 e. The van der Waals surface area contributed by atoms with E-state index < -0.39 is 0 Å². The molecular weight excluding hydrogens is 204 g/mol. The van der Waals surface area contributed by atoms with E-state index in [1.165, 1.54) is 0 Å². The van der Waals surface area contributed by atoms with Crippen LogP contribution in [0.5, 0.6) is 0 Å². The van der Waals surface area contributed by atoms with Crippen molar-refractivity contribution in [3.63, 3.8) is 0 Å². The van der Waals surface area contributed by atoms with Crippen LogP contribution in [0.3, 0.4) is 0 Å². The van der Waals surface area contributed by atoms with Crippen LogP contribution in [0.25, 0.3) is 0 Å². The highest BCUT2D eigenvalue weighted by molar-refractivity contribution is 5.76. The molecule has 0 aromatic rings. The van der Waals surface area contributed by atoms with Gasteiger partial charge in [0, 0.05) is 25.6 Å². The molecular formula is C12H26N2O2. The third kappa shape index (κ3) is 7.65. The second-order valence-corrected chi connectivity index (χ2v) is 5.15. The molecule has 0 rings (SSSR count). The van der Waals surface area contributed by atoms with Gasteiger partial charge in [0.25, 0.3) is 0 Å². The summed E-state index contributed by atoms with van der Waals surface area (Å²) in [6.45, 7) is 7.92. The summed E-state index contributed by atoms with van der Waals surface area (Å²) in [5.74, 6) is 0.0664. The maximum atomic E-state index is 11.5. The fraction of sp³-hybridized carbons (Fsp3) is 0.917. The Morgan fingerprint density at radius 3 is 2.44 bits per heavy atom. The first-order valence-electron chi connectivity index (χ1n) is 5.87. The first-order chi connectivity index (χ1) is 7.26. The van der Waals surface area contributed by atoms with Crippen molar-refractivity contribution in [1.82, 2.24) is 5.32 Å². The number of nitrogens with one attached hydrogen (secondary N) is 1. The molecule has 0 aromatic carbocycles. The summed E-state index contributed by atoms with van der Waals surface area (Å²) in [5.41, 5.74) is 5.39. The van der Waals surface area contributed by atoms with Crippen LogP contribution in [0.2, 0.25) is 0 Å². The van der Waals surface area contributed by atoms with Gasteiger partial charge in [-0.15, -0.1) is 0 Å². The Kier molecular flexibility index (Phi) is 6.60. The van der Waals surface area contributed by atoms with Crippen molar-refractivity contribution >= 4 is 5.91 Å². The van der Waals surface area contributed by atoms with E-state index in [0.29, 0.717) is 6.42 Å². The fourth-order valence-electron chi connectivity index (χ4n) is 1.58. The first kappa shape index (κ1) is 15.4. The standard InChI is InChI=1S/C12H26N2O2/c1-9(13)6-7-11(15)14-10(2)8-12(3,4)16-5/h9-10H,6-8,13H2,1-5H3,(H,14,15). The van der Waals surface area contributed by atoms with Crippen LogP contribution < -0.4 is 11.1 Å². The second-order valence-electron chi connectivity index (χ2n) is 5.15. The molecule has 4 heteroatoms. The molecule has 0 saturated carbocycles. The van der Waals surface area contributed by atoms with Crippen molar-refractivity contribution in [2.75, 3.05) is 7.11 Å². The Morgan fingerprint density at radius 2 is 2.00 bits per heavy atom. The summed E-state index contributed by atoms with van der Waals surface area (Å²) >= 11 is 0. The highest BCUT2D eigenvalue weighted by atomic mass is 16.5. The van der Waals surface area contributed by atoms with Gasteiger partial charge in [-0.05, 0) is 40.5 Å². The minimum atomic E-state index is -0.201. The summed E-state index contributed by atoms with van der Waals surface area (Å²) in [6.07, 6.45) is 2.02. The molecule has 0 aliphatic rings. The molecule has 0 spiro atoms. The van der Waals surface area contributed by atoms with E-state index in [0.717, 1.165) is 12.8 Å². The third-order valence-electron chi connectivity index (χ3n) is 2.58. The number of ether oxygens (including phenoxy) is 1. The quantitative estimate of drug-likeness (QED) is 0.695. The molecule has 0 aromatic heterocycles. The number of hydrogen-bond donors (Lipinski definition) is 2. The molecule has 0 saturated heterocycles. The Bertz CT molecular complexity index is 215. The van der Waals surface area contributed by atoms with Gasteiger partial charge in [-0.1, -0.05) is 0 Å². The fourth-order valence-corrected chi connectivity index (χ4v) is 1.58. The maximum Gasteiger partial charge on any atom is 0.220 e. The number of hydrogen-bond acceptors (Lipinski definition) is 3. The van der Waals surface area contributed by atoms with Crippen LogP contribution in [0.1, 0.15) is 47.0 Å². The highest BCUT2D eigenvalue weighted by Crippen LogP contribution is 2.15. The Balaban J connectivity index is 3.87. The highest BCUT2D eigenvalue weighted by Gasteiger charge is 2.21. The van der Waals surface area contributed by atoms with E-state index in [-0.39, 0.29) is 23.6 Å². The molecule has 0 fully saturated rings. The zero-order chi connectivity index (χ0) is 12.8. The second kappa shape index (κ2) is 6.86. The van der Waals surface area contributed by atoms with Gasteiger partial charge in [-0.3, -0.25) is 4.79 Å². The molecule has 2 unspecified atom stereocenters. The predicted octanol–water partition coefficient (Wildman–Crippen LogP) is 1.43. The SMILES string of the molecule is COC(C)(C)CC(C)NC(=O)CCC(C)N. The lowest BCUT2D eigenvalue weighted by molar-refractivity contribution is -0.122. The van der Waals surface area contributed by atoms with Gasteiger partial charge >= 0.3 is 0 Å². The average Bonchev–Trinajstić information content (AvgIpc) is 2.13. The Morgan fingerprint density at radius 1 is 1.44 bits per heavy atom. The summed E-state index contributed by atoms with van der Waals surface area (Å²) in [6, 6.07) is 0.201. The topological polar surface area (TPSA) is 64.3 Å². The molecule has 4 nitrogen and oxygen atoms in total. The van der Waals surface area contributed by atoms with Gasteiger partial charge in [0.1, 0.15) is 0 Å². The van der Waals surface area contributed by atoms with E-state index in [9.17, 15) is 4.79 Å². The van der Waals surface area contributed by atoms with Crippen molar-refractivity contribution in [3.8, 4) is 0 Å². The molecule has 0 aliphatic heterocycles. The Labute approximate surface area is 98.9 Å². The molecule has 96 valence electrons. The van der Waals surface area contributed by atoms with Crippen molar-refractivity contribution in [2.45, 2.75) is 64.6 Å². The van der Waals surface area contributed by atoms with Crippen LogP contribution in [0.4, 0.5) is 0 Å². The van der Waals surface area contributed by atoms with Crippen molar-refractivity contribution in [3.05, 3.63) is 0 Å². The van der Waals surface area contributed by atoms with Crippen molar-refractivity contribution in [2.24, 2.45) is 5.73 Å². The Hall–Kier alpha value is -0.610. The van der Waals surface area contributed by atoms with E-state index in [1.807, 2.05) is 27.7 Å². The zero-order valence-electron chi connectivity index (χ0n) is 11.2. The van der Waals surface area contributed by atoms with Crippen molar-refractivity contribution in [1.29, 1.82) is 0 Å². The number of carbonyl (C=O) groups excluding carboxylic acids is 1. The summed E-state index contributed by atoms with van der Waals surface area (Å²) in [5, 5.41) is 2.95. The summed E-state index contributed by atoms with van der Waals surface area (Å²) in [7, 11) is 1.69. The molecule has 1 amide bonds. The smallest absolute Gasteiger partial charge is 0.220 e. The molecule has 0 bridgehead atoms. The first-order valence-corrected chi connectivity index (χ1v) is 5.87. The summed E-state index contributed by atoms with van der Waals surface area (Å²) < 4.78 is 5.32. The minimum absolute atomic E-state index is 0.0664. The molecule has 2 atom stereocenters. The molecule has 3 N–H and O–H groups in total. The van der Waals surface area contributed by atoms with E-state index in [1.54, 1.807) is 7.11 Å². The van der Waals surface area contributed by atoms with Crippen LogP contribution in [-0.2, 0) is 9.53 Å². The summed E-state index contributed by atoms with van der Waals surface area (Å²) in [4.78, 5) is 11.5. The number of methoxy groups -OCH3 is 1. The number of nitrogens with two attached hydrogens (primary N) is 1. The van der Waals surface area contributed by atoms with E-state index in [4.69, 9.17) is 10.5 Å².